The summed E-state index contributed by atoms with van der Waals surface area (Å²) in [6, 6.07) is 6.72. The number of morpholine rings is 1. The summed E-state index contributed by atoms with van der Waals surface area (Å²) in [5, 5.41) is 9.67. The smallest absolute Gasteiger partial charge is 0.129 e. The van der Waals surface area contributed by atoms with Gasteiger partial charge in [-0.05, 0) is 12.5 Å². The van der Waals surface area contributed by atoms with Crippen molar-refractivity contribution in [2.75, 3.05) is 26.2 Å². The molecule has 0 radical (unpaired) electrons. The molecule has 100 valence electrons. The number of benzene rings is 1. The fourth-order valence-corrected chi connectivity index (χ4v) is 2.22. The molecule has 0 spiro atoms. The van der Waals surface area contributed by atoms with Crippen LogP contribution in [-0.4, -0.2) is 42.4 Å². The van der Waals surface area contributed by atoms with Gasteiger partial charge in [-0.1, -0.05) is 25.1 Å². The van der Waals surface area contributed by atoms with Crippen LogP contribution in [0, 0.1) is 5.82 Å². The maximum atomic E-state index is 13.7. The Bertz CT molecular complexity index is 386. The van der Waals surface area contributed by atoms with Crippen LogP contribution in [0.15, 0.2) is 24.3 Å². The van der Waals surface area contributed by atoms with Crippen molar-refractivity contribution in [3.8, 4) is 0 Å². The lowest BCUT2D eigenvalue weighted by atomic mass is 10.1. The van der Waals surface area contributed by atoms with Crippen LogP contribution in [-0.2, 0) is 4.74 Å². The third-order valence-electron chi connectivity index (χ3n) is 3.34. The molecule has 1 aromatic carbocycles. The highest BCUT2D eigenvalue weighted by Crippen LogP contribution is 2.24. The average molecular weight is 253 g/mol. The minimum Gasteiger partial charge on any atom is -0.392 e. The Labute approximate surface area is 107 Å². The van der Waals surface area contributed by atoms with Crippen LogP contribution < -0.4 is 0 Å². The number of aliphatic hydroxyl groups excluding tert-OH is 1. The lowest BCUT2D eigenvalue weighted by molar-refractivity contribution is -0.0436. The first kappa shape index (κ1) is 13.5. The summed E-state index contributed by atoms with van der Waals surface area (Å²) in [6.07, 6.45) is 0.190. The third kappa shape index (κ3) is 3.28. The Morgan fingerprint density at radius 3 is 3.00 bits per heavy atom. The molecular weight excluding hydrogens is 233 g/mol. The van der Waals surface area contributed by atoms with Crippen molar-refractivity contribution >= 4 is 0 Å². The van der Waals surface area contributed by atoms with Gasteiger partial charge in [0.2, 0.25) is 0 Å². The summed E-state index contributed by atoms with van der Waals surface area (Å²) < 4.78 is 19.3. The molecule has 4 heteroatoms. The van der Waals surface area contributed by atoms with Gasteiger partial charge in [0.25, 0.3) is 0 Å². The second-order valence-corrected chi connectivity index (χ2v) is 4.70. The van der Waals surface area contributed by atoms with Gasteiger partial charge in [-0.2, -0.15) is 0 Å². The molecule has 1 fully saturated rings. The number of rotatable bonds is 4. The number of β-amino-alcohol motifs (C(OH)–C–C–N with tert-alkyl or cyclic N) is 1. The van der Waals surface area contributed by atoms with E-state index in [1.165, 1.54) is 6.07 Å². The van der Waals surface area contributed by atoms with Crippen LogP contribution in [0.3, 0.4) is 0 Å². The van der Waals surface area contributed by atoms with E-state index in [0.29, 0.717) is 25.3 Å². The second kappa shape index (κ2) is 6.27. The first-order valence-electron chi connectivity index (χ1n) is 6.47. The normalized spacial score (nSPS) is 22.9. The monoisotopic (exact) mass is 253 g/mol. The van der Waals surface area contributed by atoms with Crippen molar-refractivity contribution in [2.45, 2.75) is 25.6 Å². The minimum atomic E-state index is -0.315. The van der Waals surface area contributed by atoms with Crippen molar-refractivity contribution in [1.29, 1.82) is 0 Å². The third-order valence-corrected chi connectivity index (χ3v) is 3.34. The molecule has 2 rings (SSSR count). The maximum absolute atomic E-state index is 13.7. The Morgan fingerprint density at radius 2 is 2.28 bits per heavy atom. The van der Waals surface area contributed by atoms with E-state index in [-0.39, 0.29) is 18.0 Å². The highest BCUT2D eigenvalue weighted by molar-refractivity contribution is 5.20. The molecule has 0 amide bonds. The van der Waals surface area contributed by atoms with Crippen LogP contribution in [0.4, 0.5) is 4.39 Å². The molecule has 0 aliphatic carbocycles. The minimum absolute atomic E-state index is 0.222. The number of aliphatic hydroxyl groups is 1. The van der Waals surface area contributed by atoms with E-state index in [9.17, 15) is 9.50 Å². The van der Waals surface area contributed by atoms with Crippen molar-refractivity contribution in [1.82, 2.24) is 4.90 Å². The fourth-order valence-electron chi connectivity index (χ4n) is 2.22. The molecule has 0 saturated carbocycles. The topological polar surface area (TPSA) is 32.7 Å². The van der Waals surface area contributed by atoms with Gasteiger partial charge in [0.15, 0.2) is 0 Å². The molecule has 2 atom stereocenters. The second-order valence-electron chi connectivity index (χ2n) is 4.70. The summed E-state index contributed by atoms with van der Waals surface area (Å²) in [6.45, 7) is 4.60. The summed E-state index contributed by atoms with van der Waals surface area (Å²) in [5.74, 6) is -0.222. The van der Waals surface area contributed by atoms with E-state index in [2.05, 4.69) is 4.90 Å². The largest absolute Gasteiger partial charge is 0.392 e. The molecule has 2 unspecified atom stereocenters. The Balaban J connectivity index is 2.00. The Kier molecular flexibility index (Phi) is 4.69. The van der Waals surface area contributed by atoms with Crippen molar-refractivity contribution in [2.24, 2.45) is 0 Å². The number of hydrogen-bond acceptors (Lipinski definition) is 3. The van der Waals surface area contributed by atoms with E-state index in [4.69, 9.17) is 4.74 Å². The summed E-state index contributed by atoms with van der Waals surface area (Å²) in [5.41, 5.74) is 0.605. The van der Waals surface area contributed by atoms with E-state index in [1.807, 2.05) is 13.0 Å². The zero-order valence-electron chi connectivity index (χ0n) is 10.7. The zero-order chi connectivity index (χ0) is 13.0. The molecule has 1 heterocycles. The van der Waals surface area contributed by atoms with Crippen LogP contribution in [0.1, 0.15) is 25.0 Å². The molecular formula is C14H20FNO2. The maximum Gasteiger partial charge on any atom is 0.129 e. The van der Waals surface area contributed by atoms with E-state index >= 15 is 0 Å². The fraction of sp³-hybridized carbons (Fsp3) is 0.571. The number of ether oxygens (including phenoxy) is 1. The predicted molar refractivity (Wildman–Crippen MR) is 67.8 cm³/mol. The highest BCUT2D eigenvalue weighted by atomic mass is 19.1. The molecule has 0 aromatic heterocycles. The summed E-state index contributed by atoms with van der Waals surface area (Å²) in [4.78, 5) is 2.13. The number of halogens is 1. The van der Waals surface area contributed by atoms with Crippen LogP contribution >= 0.6 is 0 Å². The average Bonchev–Trinajstić information content (AvgIpc) is 2.39. The molecule has 1 aromatic rings. The van der Waals surface area contributed by atoms with E-state index < -0.39 is 0 Å². The lowest BCUT2D eigenvalue weighted by Gasteiger charge is -2.34. The Morgan fingerprint density at radius 1 is 1.50 bits per heavy atom. The van der Waals surface area contributed by atoms with Crippen LogP contribution in [0.2, 0.25) is 0 Å². The van der Waals surface area contributed by atoms with Gasteiger partial charge in [-0.15, -0.1) is 0 Å². The molecule has 1 aliphatic heterocycles. The molecule has 1 aliphatic rings. The zero-order valence-corrected chi connectivity index (χ0v) is 10.7. The van der Waals surface area contributed by atoms with E-state index in [0.717, 1.165) is 13.0 Å². The predicted octanol–water partition coefficient (Wildman–Crippen LogP) is 1.97. The van der Waals surface area contributed by atoms with E-state index in [1.54, 1.807) is 12.1 Å². The SMILES string of the molecule is CCC(O)CN1CCOC(c2ccccc2F)C1. The van der Waals surface area contributed by atoms with Crippen LogP contribution in [0.25, 0.3) is 0 Å². The lowest BCUT2D eigenvalue weighted by Crippen LogP contribution is -2.42. The summed E-state index contributed by atoms with van der Waals surface area (Å²) in [7, 11) is 0. The first-order valence-corrected chi connectivity index (χ1v) is 6.47. The first-order chi connectivity index (χ1) is 8.70. The van der Waals surface area contributed by atoms with Crippen LogP contribution in [0.5, 0.6) is 0 Å². The number of nitrogens with zero attached hydrogens (tertiary/aromatic N) is 1. The molecule has 18 heavy (non-hydrogen) atoms. The van der Waals surface area contributed by atoms with Gasteiger partial charge < -0.3 is 9.84 Å². The Hall–Kier alpha value is -0.970. The summed E-state index contributed by atoms with van der Waals surface area (Å²) >= 11 is 0. The van der Waals surface area contributed by atoms with Gasteiger partial charge in [-0.25, -0.2) is 4.39 Å². The van der Waals surface area contributed by atoms with Crippen molar-refractivity contribution < 1.29 is 14.2 Å². The quantitative estimate of drug-likeness (QED) is 0.890. The molecule has 0 bridgehead atoms. The van der Waals surface area contributed by atoms with Gasteiger partial charge in [-0.3, -0.25) is 4.90 Å². The van der Waals surface area contributed by atoms with Crippen molar-refractivity contribution in [3.05, 3.63) is 35.6 Å². The van der Waals surface area contributed by atoms with Crippen molar-refractivity contribution in [3.63, 3.8) is 0 Å². The number of hydrogen-bond donors (Lipinski definition) is 1. The standard InChI is InChI=1S/C14H20FNO2/c1-2-11(17)9-16-7-8-18-14(10-16)12-5-3-4-6-13(12)15/h3-6,11,14,17H,2,7-10H2,1H3. The van der Waals surface area contributed by atoms with Gasteiger partial charge >= 0.3 is 0 Å². The van der Waals surface area contributed by atoms with Gasteiger partial charge in [0, 0.05) is 25.2 Å². The molecule has 3 nitrogen and oxygen atoms in total. The van der Waals surface area contributed by atoms with Gasteiger partial charge in [0.05, 0.1) is 18.8 Å². The molecule has 1 saturated heterocycles. The van der Waals surface area contributed by atoms with Gasteiger partial charge in [0.1, 0.15) is 5.82 Å². The molecule has 1 N–H and O–H groups in total. The highest BCUT2D eigenvalue weighted by Gasteiger charge is 2.24.